The van der Waals surface area contributed by atoms with Crippen molar-refractivity contribution in [3.05, 3.63) is 28.5 Å². The predicted molar refractivity (Wildman–Crippen MR) is 49.5 cm³/mol. The Morgan fingerprint density at radius 2 is 2.33 bits per heavy atom. The van der Waals surface area contributed by atoms with Gasteiger partial charge in [0.2, 0.25) is 5.91 Å². The second kappa shape index (κ2) is 3.67. The quantitative estimate of drug-likeness (QED) is 0.833. The molecule has 1 rings (SSSR count). The van der Waals surface area contributed by atoms with E-state index < -0.39 is 0 Å². The third-order valence-electron chi connectivity index (χ3n) is 1.65. The van der Waals surface area contributed by atoms with E-state index in [0.717, 1.165) is 10.0 Å². The number of carbonyl (C=O) groups is 1. The summed E-state index contributed by atoms with van der Waals surface area (Å²) in [5.74, 6) is -0.620. The Hall–Kier alpha value is -0.900. The van der Waals surface area contributed by atoms with Crippen LogP contribution in [0.15, 0.2) is 22.9 Å². The van der Waals surface area contributed by atoms with Crippen molar-refractivity contribution >= 4 is 21.8 Å². The van der Waals surface area contributed by atoms with E-state index in [2.05, 4.69) is 20.9 Å². The van der Waals surface area contributed by atoms with Gasteiger partial charge >= 0.3 is 0 Å². The van der Waals surface area contributed by atoms with Crippen LogP contribution in [0.2, 0.25) is 0 Å². The molecule has 0 aliphatic rings. The third-order valence-corrected chi connectivity index (χ3v) is 2.09. The Balaban J connectivity index is 2.95. The number of hydrogen-bond donors (Lipinski definition) is 1. The molecule has 0 saturated heterocycles. The Morgan fingerprint density at radius 3 is 2.83 bits per heavy atom. The van der Waals surface area contributed by atoms with E-state index in [1.165, 1.54) is 0 Å². The number of pyridine rings is 1. The molecule has 2 N–H and O–H groups in total. The molecule has 64 valence electrons. The standard InChI is InChI=1S/C8H9BrN2O/c1-5(8(10)12)6-2-7(9)4-11-3-6/h2-5H,1H3,(H2,10,12)/t5-/m1/s1. The van der Waals surface area contributed by atoms with E-state index in [-0.39, 0.29) is 11.8 Å². The number of halogens is 1. The first-order valence-corrected chi connectivity index (χ1v) is 4.30. The van der Waals surface area contributed by atoms with Gasteiger partial charge in [-0.15, -0.1) is 0 Å². The zero-order valence-corrected chi connectivity index (χ0v) is 8.21. The highest BCUT2D eigenvalue weighted by atomic mass is 79.9. The van der Waals surface area contributed by atoms with Crippen LogP contribution in [-0.2, 0) is 4.79 Å². The number of hydrogen-bond acceptors (Lipinski definition) is 2. The first-order chi connectivity index (χ1) is 5.61. The average Bonchev–Trinajstić information content (AvgIpc) is 2.03. The van der Waals surface area contributed by atoms with Crippen molar-refractivity contribution in [2.75, 3.05) is 0 Å². The van der Waals surface area contributed by atoms with Gasteiger partial charge in [-0.3, -0.25) is 9.78 Å². The predicted octanol–water partition coefficient (Wildman–Crippen LogP) is 1.43. The minimum Gasteiger partial charge on any atom is -0.369 e. The van der Waals surface area contributed by atoms with Crippen LogP contribution in [-0.4, -0.2) is 10.9 Å². The van der Waals surface area contributed by atoms with Gasteiger partial charge in [0.05, 0.1) is 5.92 Å². The summed E-state index contributed by atoms with van der Waals surface area (Å²) in [4.78, 5) is 14.7. The Bertz CT molecular complexity index is 301. The van der Waals surface area contributed by atoms with Gasteiger partial charge in [0.15, 0.2) is 0 Å². The number of nitrogens with two attached hydrogens (primary N) is 1. The van der Waals surface area contributed by atoms with E-state index in [4.69, 9.17) is 5.73 Å². The molecule has 0 aliphatic heterocycles. The van der Waals surface area contributed by atoms with Crippen molar-refractivity contribution in [3.8, 4) is 0 Å². The normalized spacial score (nSPS) is 12.5. The number of primary amides is 1. The number of nitrogens with zero attached hydrogens (tertiary/aromatic N) is 1. The molecule has 1 atom stereocenters. The molecular formula is C8H9BrN2O. The zero-order chi connectivity index (χ0) is 9.14. The van der Waals surface area contributed by atoms with Gasteiger partial charge in [0.1, 0.15) is 0 Å². The van der Waals surface area contributed by atoms with Crippen molar-refractivity contribution in [1.29, 1.82) is 0 Å². The van der Waals surface area contributed by atoms with E-state index in [1.807, 2.05) is 6.07 Å². The molecule has 0 saturated carbocycles. The lowest BCUT2D eigenvalue weighted by atomic mass is 10.0. The highest BCUT2D eigenvalue weighted by Crippen LogP contribution is 2.17. The topological polar surface area (TPSA) is 56.0 Å². The summed E-state index contributed by atoms with van der Waals surface area (Å²) >= 11 is 3.26. The summed E-state index contributed by atoms with van der Waals surface area (Å²) in [6, 6.07) is 1.84. The first kappa shape index (κ1) is 9.19. The number of rotatable bonds is 2. The van der Waals surface area contributed by atoms with Crippen LogP contribution in [0.1, 0.15) is 18.4 Å². The van der Waals surface area contributed by atoms with Crippen LogP contribution in [0.25, 0.3) is 0 Å². The molecule has 0 aliphatic carbocycles. The van der Waals surface area contributed by atoms with Crippen molar-refractivity contribution < 1.29 is 4.79 Å². The molecule has 1 aromatic heterocycles. The maximum atomic E-state index is 10.8. The van der Waals surface area contributed by atoms with Gasteiger partial charge in [0.25, 0.3) is 0 Å². The van der Waals surface area contributed by atoms with Crippen LogP contribution in [0.4, 0.5) is 0 Å². The molecule has 1 heterocycles. The minimum atomic E-state index is -0.338. The molecule has 1 aromatic rings. The molecule has 0 bridgehead atoms. The summed E-state index contributed by atoms with van der Waals surface area (Å²) in [6.45, 7) is 1.76. The van der Waals surface area contributed by atoms with Crippen LogP contribution in [0.3, 0.4) is 0 Å². The van der Waals surface area contributed by atoms with Crippen LogP contribution in [0.5, 0.6) is 0 Å². The van der Waals surface area contributed by atoms with Crippen LogP contribution in [0, 0.1) is 0 Å². The summed E-state index contributed by atoms with van der Waals surface area (Å²) in [7, 11) is 0. The summed E-state index contributed by atoms with van der Waals surface area (Å²) in [6.07, 6.45) is 3.30. The van der Waals surface area contributed by atoms with Crippen LogP contribution < -0.4 is 5.73 Å². The summed E-state index contributed by atoms with van der Waals surface area (Å²) in [5.41, 5.74) is 5.97. The largest absolute Gasteiger partial charge is 0.369 e. The smallest absolute Gasteiger partial charge is 0.224 e. The Kier molecular flexibility index (Phi) is 2.81. The maximum Gasteiger partial charge on any atom is 0.224 e. The number of aromatic nitrogens is 1. The zero-order valence-electron chi connectivity index (χ0n) is 6.62. The van der Waals surface area contributed by atoms with Gasteiger partial charge in [-0.05, 0) is 34.5 Å². The fourth-order valence-corrected chi connectivity index (χ4v) is 1.21. The van der Waals surface area contributed by atoms with Crippen molar-refractivity contribution in [2.24, 2.45) is 5.73 Å². The monoisotopic (exact) mass is 228 g/mol. The van der Waals surface area contributed by atoms with Crippen molar-refractivity contribution in [3.63, 3.8) is 0 Å². The highest BCUT2D eigenvalue weighted by molar-refractivity contribution is 9.10. The molecule has 0 spiro atoms. The lowest BCUT2D eigenvalue weighted by Gasteiger charge is -2.06. The maximum absolute atomic E-state index is 10.8. The summed E-state index contributed by atoms with van der Waals surface area (Å²) < 4.78 is 0.855. The van der Waals surface area contributed by atoms with E-state index in [0.29, 0.717) is 0 Å². The van der Waals surface area contributed by atoms with E-state index >= 15 is 0 Å². The molecule has 4 heteroatoms. The Morgan fingerprint density at radius 1 is 1.67 bits per heavy atom. The lowest BCUT2D eigenvalue weighted by molar-refractivity contribution is -0.119. The molecule has 12 heavy (non-hydrogen) atoms. The highest BCUT2D eigenvalue weighted by Gasteiger charge is 2.11. The van der Waals surface area contributed by atoms with Gasteiger partial charge in [-0.25, -0.2) is 0 Å². The minimum absolute atomic E-state index is 0.282. The third kappa shape index (κ3) is 2.04. The van der Waals surface area contributed by atoms with E-state index in [9.17, 15) is 4.79 Å². The lowest BCUT2D eigenvalue weighted by Crippen LogP contribution is -2.18. The fraction of sp³-hybridized carbons (Fsp3) is 0.250. The average molecular weight is 229 g/mol. The number of carbonyl (C=O) groups excluding carboxylic acids is 1. The molecular weight excluding hydrogens is 220 g/mol. The van der Waals surface area contributed by atoms with Gasteiger partial charge < -0.3 is 5.73 Å². The molecule has 0 fully saturated rings. The van der Waals surface area contributed by atoms with Gasteiger partial charge in [0, 0.05) is 16.9 Å². The molecule has 0 unspecified atom stereocenters. The van der Waals surface area contributed by atoms with E-state index in [1.54, 1.807) is 19.3 Å². The fourth-order valence-electron chi connectivity index (χ4n) is 0.829. The van der Waals surface area contributed by atoms with Gasteiger partial charge in [-0.1, -0.05) is 0 Å². The molecule has 3 nitrogen and oxygen atoms in total. The second-order valence-electron chi connectivity index (χ2n) is 2.56. The Labute approximate surface area is 79.1 Å². The van der Waals surface area contributed by atoms with Gasteiger partial charge in [-0.2, -0.15) is 0 Å². The SMILES string of the molecule is C[C@@H](C(N)=O)c1cncc(Br)c1. The first-order valence-electron chi connectivity index (χ1n) is 3.51. The van der Waals surface area contributed by atoms with Crippen LogP contribution >= 0.6 is 15.9 Å². The van der Waals surface area contributed by atoms with Crippen molar-refractivity contribution in [1.82, 2.24) is 4.98 Å². The number of amides is 1. The molecule has 0 aromatic carbocycles. The molecule has 0 radical (unpaired) electrons. The molecule has 1 amide bonds. The van der Waals surface area contributed by atoms with Crippen molar-refractivity contribution in [2.45, 2.75) is 12.8 Å². The second-order valence-corrected chi connectivity index (χ2v) is 3.48. The summed E-state index contributed by atoms with van der Waals surface area (Å²) in [5, 5.41) is 0.